The number of hydrogen-bond acceptors (Lipinski definition) is 3. The molecule has 0 aliphatic heterocycles. The number of nitrogens with one attached hydrogen (secondary N) is 2. The third-order valence-electron chi connectivity index (χ3n) is 5.26. The van der Waals surface area contributed by atoms with E-state index < -0.39 is 98.2 Å². The minimum absolute atomic E-state index is 0.0995. The maximum absolute atomic E-state index is 14.9. The van der Waals surface area contributed by atoms with Crippen molar-refractivity contribution in [1.29, 1.82) is 0 Å². The number of alkyl halides is 13. The van der Waals surface area contributed by atoms with Gasteiger partial charge in [0.15, 0.2) is 5.82 Å². The normalized spacial score (nSPS) is 13.0. The summed E-state index contributed by atoms with van der Waals surface area (Å²) < 4.78 is 185. The van der Waals surface area contributed by atoms with E-state index in [9.17, 15) is 75.8 Å². The second-order valence-electron chi connectivity index (χ2n) is 8.38. The molecule has 0 aliphatic rings. The number of hydrogen-bond donors (Lipinski definition) is 2. The SMILES string of the molecule is CN(CC(F)(F)F)C(=O)C(=O)Nc1cccc(C(=O)Nc2c(I)cc(C(F)(C(F)(F)F)C(F)(F)F)cc2C(F)(F)F)c1F. The Morgan fingerprint density at radius 1 is 0.837 bits per heavy atom. The highest BCUT2D eigenvalue weighted by molar-refractivity contribution is 14.1. The van der Waals surface area contributed by atoms with Gasteiger partial charge in [-0.3, -0.25) is 14.4 Å². The van der Waals surface area contributed by atoms with Gasteiger partial charge in [0.25, 0.3) is 5.91 Å². The molecule has 0 fully saturated rings. The maximum Gasteiger partial charge on any atom is 0.435 e. The van der Waals surface area contributed by atoms with Crippen molar-refractivity contribution in [2.45, 2.75) is 30.4 Å². The fourth-order valence-electron chi connectivity index (χ4n) is 3.32. The summed E-state index contributed by atoms with van der Waals surface area (Å²) in [6.45, 7) is -1.89. The summed E-state index contributed by atoms with van der Waals surface area (Å²) in [5.74, 6) is -7.26. The van der Waals surface area contributed by atoms with Gasteiger partial charge >= 0.3 is 42.2 Å². The highest BCUT2D eigenvalue weighted by Gasteiger charge is 2.73. The van der Waals surface area contributed by atoms with Gasteiger partial charge < -0.3 is 15.5 Å². The van der Waals surface area contributed by atoms with E-state index in [1.807, 2.05) is 0 Å². The zero-order valence-corrected chi connectivity index (χ0v) is 22.6. The Bertz CT molecular complexity index is 1400. The number of rotatable bonds is 5. The van der Waals surface area contributed by atoms with Crippen molar-refractivity contribution < 1.29 is 75.8 Å². The van der Waals surface area contributed by atoms with Gasteiger partial charge in [-0.1, -0.05) is 6.07 Å². The molecule has 0 atom stereocenters. The number of nitrogens with zero attached hydrogens (tertiary/aromatic N) is 1. The van der Waals surface area contributed by atoms with Crippen molar-refractivity contribution in [3.8, 4) is 0 Å². The molecule has 3 amide bonds. The number of likely N-dealkylation sites (N-methyl/N-ethyl adjacent to an activating group) is 1. The van der Waals surface area contributed by atoms with Gasteiger partial charge in [0.2, 0.25) is 0 Å². The molecule has 0 heterocycles. The molecule has 43 heavy (non-hydrogen) atoms. The van der Waals surface area contributed by atoms with Gasteiger partial charge in [-0.2, -0.15) is 52.7 Å². The van der Waals surface area contributed by atoms with E-state index in [0.717, 1.165) is 28.7 Å². The predicted molar refractivity (Wildman–Crippen MR) is 126 cm³/mol. The van der Waals surface area contributed by atoms with E-state index in [1.165, 1.54) is 5.32 Å². The van der Waals surface area contributed by atoms with Crippen molar-refractivity contribution >= 4 is 51.7 Å². The van der Waals surface area contributed by atoms with E-state index in [2.05, 4.69) is 0 Å². The van der Waals surface area contributed by atoms with Gasteiger partial charge in [0.1, 0.15) is 6.54 Å². The summed E-state index contributed by atoms with van der Waals surface area (Å²) in [5, 5.41) is 2.99. The molecule has 2 rings (SSSR count). The molecule has 0 saturated heterocycles. The maximum atomic E-state index is 14.9. The van der Waals surface area contributed by atoms with E-state index in [1.54, 1.807) is 5.32 Å². The van der Waals surface area contributed by atoms with Crippen molar-refractivity contribution in [3.63, 3.8) is 0 Å². The lowest BCUT2D eigenvalue weighted by molar-refractivity contribution is -0.348. The number of amides is 3. The van der Waals surface area contributed by atoms with Crippen molar-refractivity contribution in [3.05, 3.63) is 56.4 Å². The van der Waals surface area contributed by atoms with Gasteiger partial charge in [-0.25, -0.2) is 8.78 Å². The molecule has 0 unspecified atom stereocenters. The predicted octanol–water partition coefficient (Wildman–Crippen LogP) is 6.95. The first-order valence-corrected chi connectivity index (χ1v) is 11.8. The average Bonchev–Trinajstić information content (AvgIpc) is 2.81. The molecule has 2 aromatic rings. The van der Waals surface area contributed by atoms with E-state index in [-0.39, 0.29) is 11.0 Å². The van der Waals surface area contributed by atoms with Crippen LogP contribution in [0.4, 0.5) is 72.8 Å². The molecule has 0 saturated carbocycles. The van der Waals surface area contributed by atoms with Crippen molar-refractivity contribution in [2.75, 3.05) is 24.2 Å². The Balaban J connectivity index is 2.52. The van der Waals surface area contributed by atoms with Crippen LogP contribution >= 0.6 is 22.6 Å². The van der Waals surface area contributed by atoms with Crippen LogP contribution < -0.4 is 10.6 Å². The lowest BCUT2D eigenvalue weighted by atomic mass is 9.92. The molecular weight excluding hydrogens is 747 g/mol. The van der Waals surface area contributed by atoms with Gasteiger partial charge in [-0.05, 0) is 46.9 Å². The third-order valence-corrected chi connectivity index (χ3v) is 6.11. The largest absolute Gasteiger partial charge is 0.435 e. The van der Waals surface area contributed by atoms with Crippen LogP contribution in [-0.2, 0) is 21.4 Å². The Morgan fingerprint density at radius 2 is 1.37 bits per heavy atom. The molecular formula is C22H12F14IN3O3. The standard InChI is InChI=1S/C22H12F14IN3O3/c1-40(7-18(24,25)26)17(43)16(42)38-12-4-2-3-9(13(12)23)15(41)39-14-10(20(28,29)30)5-8(6-11(14)37)19(27,21(31,32)33)22(34,35)36/h2-6H,7H2,1H3,(H,38,42)(H,39,41). The Morgan fingerprint density at radius 3 is 1.84 bits per heavy atom. The molecule has 6 nitrogen and oxygen atoms in total. The quantitative estimate of drug-likeness (QED) is 0.197. The number of carbonyl (C=O) groups is 3. The number of benzene rings is 2. The van der Waals surface area contributed by atoms with Gasteiger partial charge in [0, 0.05) is 16.2 Å². The first kappa shape index (κ1) is 35.8. The van der Waals surface area contributed by atoms with Crippen LogP contribution in [0.15, 0.2) is 30.3 Å². The summed E-state index contributed by atoms with van der Waals surface area (Å²) in [5.41, 5.74) is -14.9. The van der Waals surface area contributed by atoms with E-state index in [0.29, 0.717) is 19.2 Å². The van der Waals surface area contributed by atoms with Crippen LogP contribution in [0.3, 0.4) is 0 Å². The molecule has 21 heteroatoms. The van der Waals surface area contributed by atoms with Gasteiger partial charge in [0.05, 0.1) is 22.5 Å². The molecule has 0 aliphatic carbocycles. The Hall–Kier alpha value is -3.40. The smallest absolute Gasteiger partial charge is 0.328 e. The highest BCUT2D eigenvalue weighted by Crippen LogP contribution is 2.54. The first-order chi connectivity index (χ1) is 19.2. The van der Waals surface area contributed by atoms with Crippen LogP contribution in [0.25, 0.3) is 0 Å². The van der Waals surface area contributed by atoms with Crippen LogP contribution in [0, 0.1) is 9.39 Å². The zero-order valence-electron chi connectivity index (χ0n) is 20.4. The molecule has 0 spiro atoms. The fourth-order valence-corrected chi connectivity index (χ4v) is 4.08. The molecule has 0 bridgehead atoms. The summed E-state index contributed by atoms with van der Waals surface area (Å²) >= 11 is 0.765. The molecule has 2 N–H and O–H groups in total. The van der Waals surface area contributed by atoms with Crippen LogP contribution in [0.1, 0.15) is 21.5 Å². The Labute approximate surface area is 243 Å². The first-order valence-electron chi connectivity index (χ1n) is 10.7. The number of anilines is 2. The minimum atomic E-state index is -6.78. The number of carbonyl (C=O) groups excluding carboxylic acids is 3. The van der Waals surface area contributed by atoms with Crippen molar-refractivity contribution in [1.82, 2.24) is 4.90 Å². The van der Waals surface area contributed by atoms with Crippen molar-refractivity contribution in [2.24, 2.45) is 0 Å². The summed E-state index contributed by atoms with van der Waals surface area (Å²) in [7, 11) is 0.567. The summed E-state index contributed by atoms with van der Waals surface area (Å²) in [6, 6.07) is 0.916. The van der Waals surface area contributed by atoms with Crippen LogP contribution in [-0.4, -0.2) is 54.7 Å². The monoisotopic (exact) mass is 759 g/mol. The lowest BCUT2D eigenvalue weighted by Crippen LogP contribution is -2.50. The Kier molecular flexibility index (Phi) is 9.94. The third kappa shape index (κ3) is 7.77. The molecule has 2 aromatic carbocycles. The average molecular weight is 759 g/mol. The lowest BCUT2D eigenvalue weighted by Gasteiger charge is -2.31. The minimum Gasteiger partial charge on any atom is -0.328 e. The molecule has 238 valence electrons. The van der Waals surface area contributed by atoms with Crippen LogP contribution in [0.2, 0.25) is 0 Å². The topological polar surface area (TPSA) is 78.5 Å². The van der Waals surface area contributed by atoms with E-state index in [4.69, 9.17) is 0 Å². The van der Waals surface area contributed by atoms with Gasteiger partial charge in [-0.15, -0.1) is 0 Å². The summed E-state index contributed by atoms with van der Waals surface area (Å²) in [4.78, 5) is 36.3. The highest BCUT2D eigenvalue weighted by atomic mass is 127. The summed E-state index contributed by atoms with van der Waals surface area (Å²) in [6.07, 6.45) is -24.3. The number of halogens is 15. The van der Waals surface area contributed by atoms with Crippen LogP contribution in [0.5, 0.6) is 0 Å². The second kappa shape index (κ2) is 11.9. The molecule has 0 radical (unpaired) electrons. The fraction of sp³-hybridized carbons (Fsp3) is 0.318. The van der Waals surface area contributed by atoms with E-state index >= 15 is 0 Å². The molecule has 0 aromatic heterocycles. The second-order valence-corrected chi connectivity index (χ2v) is 9.55. The zero-order chi connectivity index (χ0) is 33.5.